The Bertz CT molecular complexity index is 67.3. The van der Waals surface area contributed by atoms with Gasteiger partial charge in [0.2, 0.25) is 0 Å². The first kappa shape index (κ1) is 7.27. The minimum atomic E-state index is 0. The van der Waals surface area contributed by atoms with E-state index in [1.165, 1.54) is 0 Å². The van der Waals surface area contributed by atoms with E-state index in [9.17, 15) is 0 Å². The first-order chi connectivity index (χ1) is 2.50. The van der Waals surface area contributed by atoms with Crippen LogP contribution in [0, 0.1) is 0 Å². The second-order valence-electron chi connectivity index (χ2n) is 0.676. The molecule has 1 aromatic rings. The van der Waals surface area contributed by atoms with Crippen LogP contribution in [-0.4, -0.2) is 56.4 Å². The summed E-state index contributed by atoms with van der Waals surface area (Å²) < 4.78 is 0. The Balaban J connectivity index is 0.000000250. The van der Waals surface area contributed by atoms with E-state index >= 15 is 0 Å². The number of nitrogens with zero attached hydrogens (tertiary/aromatic N) is 1. The van der Waals surface area contributed by atoms with Crippen LogP contribution >= 0.6 is 11.3 Å². The molecule has 0 aliphatic heterocycles. The van der Waals surface area contributed by atoms with Crippen molar-refractivity contribution in [2.24, 2.45) is 0 Å². The zero-order valence-electron chi connectivity index (χ0n) is 2.59. The van der Waals surface area contributed by atoms with Crippen molar-refractivity contribution in [3.05, 3.63) is 17.1 Å². The topological polar surface area (TPSA) is 12.9 Å². The van der Waals surface area contributed by atoms with Crippen LogP contribution in [-0.2, 0) is 0 Å². The molecule has 1 heterocycles. The molecule has 0 spiro atoms. The van der Waals surface area contributed by atoms with Crippen molar-refractivity contribution in [3.8, 4) is 0 Å². The minimum Gasteiger partial charge on any atom is -0.253 e. The van der Waals surface area contributed by atoms with Crippen molar-refractivity contribution in [2.75, 3.05) is 0 Å². The van der Waals surface area contributed by atoms with Gasteiger partial charge in [-0.05, 0) is 0 Å². The minimum absolute atomic E-state index is 0. The molecule has 1 nitrogen and oxygen atoms in total. The quantitative estimate of drug-likeness (QED) is 0.460. The number of thiazole rings is 1. The SMILES string of the molecule is [KH].c1cscn1. The third-order valence-corrected chi connectivity index (χ3v) is 0.869. The van der Waals surface area contributed by atoms with E-state index in [1.54, 1.807) is 23.0 Å². The largest absolute Gasteiger partial charge is 0.253 e. The number of hydrogen-bond donors (Lipinski definition) is 0. The van der Waals surface area contributed by atoms with Gasteiger partial charge in [-0.2, -0.15) is 0 Å². The average Bonchev–Trinajstić information content (AvgIpc) is 1.76. The van der Waals surface area contributed by atoms with E-state index in [1.807, 2.05) is 5.38 Å². The molecule has 0 N–H and O–H groups in total. The van der Waals surface area contributed by atoms with Crippen LogP contribution in [0.4, 0.5) is 0 Å². The van der Waals surface area contributed by atoms with Crippen molar-refractivity contribution in [1.82, 2.24) is 4.98 Å². The van der Waals surface area contributed by atoms with Gasteiger partial charge in [-0.25, -0.2) is 0 Å². The van der Waals surface area contributed by atoms with E-state index in [0.29, 0.717) is 0 Å². The summed E-state index contributed by atoms with van der Waals surface area (Å²) >= 11 is 1.60. The predicted molar refractivity (Wildman–Crippen MR) is 29.3 cm³/mol. The molecule has 3 heteroatoms. The Morgan fingerprint density at radius 2 is 2.33 bits per heavy atom. The summed E-state index contributed by atoms with van der Waals surface area (Å²) in [5.74, 6) is 0. The van der Waals surface area contributed by atoms with Gasteiger partial charge in [-0.1, -0.05) is 0 Å². The molecule has 0 unspecified atom stereocenters. The van der Waals surface area contributed by atoms with Crippen molar-refractivity contribution >= 4 is 62.7 Å². The summed E-state index contributed by atoms with van der Waals surface area (Å²) in [7, 11) is 0. The number of rotatable bonds is 0. The maximum absolute atomic E-state index is 3.74. The molecule has 0 atom stereocenters. The van der Waals surface area contributed by atoms with Gasteiger partial charge in [0, 0.05) is 11.6 Å². The predicted octanol–water partition coefficient (Wildman–Crippen LogP) is 0.495. The van der Waals surface area contributed by atoms with E-state index in [2.05, 4.69) is 4.98 Å². The summed E-state index contributed by atoms with van der Waals surface area (Å²) in [5.41, 5.74) is 1.79. The molecule has 1 rings (SSSR count). The molecule has 0 radical (unpaired) electrons. The van der Waals surface area contributed by atoms with Gasteiger partial charge in [0.15, 0.2) is 0 Å². The second-order valence-corrected chi connectivity index (χ2v) is 1.43. The summed E-state index contributed by atoms with van der Waals surface area (Å²) in [6, 6.07) is 0. The molecule has 28 valence electrons. The maximum atomic E-state index is 3.74. The Morgan fingerprint density at radius 1 is 1.50 bits per heavy atom. The molecular formula is C3H4KNS. The number of aromatic nitrogens is 1. The molecule has 0 aromatic carbocycles. The van der Waals surface area contributed by atoms with E-state index in [0.717, 1.165) is 0 Å². The molecule has 0 saturated carbocycles. The van der Waals surface area contributed by atoms with Crippen LogP contribution in [0.1, 0.15) is 0 Å². The molecule has 6 heavy (non-hydrogen) atoms. The third kappa shape index (κ3) is 2.44. The van der Waals surface area contributed by atoms with Gasteiger partial charge in [0.05, 0.1) is 5.51 Å². The zero-order chi connectivity index (χ0) is 3.54. The standard InChI is InChI=1S/C3H3NS.K.H/c1-2-5-3-4-1;;/h1-3H;;. The maximum Gasteiger partial charge on any atom is 0.0791 e. The van der Waals surface area contributed by atoms with Gasteiger partial charge in [0.25, 0.3) is 0 Å². The Morgan fingerprint density at radius 3 is 2.50 bits per heavy atom. The van der Waals surface area contributed by atoms with Gasteiger partial charge in [-0.15, -0.1) is 11.3 Å². The van der Waals surface area contributed by atoms with Crippen LogP contribution in [0.3, 0.4) is 0 Å². The van der Waals surface area contributed by atoms with Crippen molar-refractivity contribution in [2.45, 2.75) is 0 Å². The number of hydrogen-bond acceptors (Lipinski definition) is 2. The van der Waals surface area contributed by atoms with E-state index < -0.39 is 0 Å². The molecular weight excluding hydrogens is 121 g/mol. The monoisotopic (exact) mass is 125 g/mol. The van der Waals surface area contributed by atoms with Crippen molar-refractivity contribution in [1.29, 1.82) is 0 Å². The summed E-state index contributed by atoms with van der Waals surface area (Å²) in [6.07, 6.45) is 1.77. The van der Waals surface area contributed by atoms with Crippen LogP contribution < -0.4 is 0 Å². The van der Waals surface area contributed by atoms with E-state index in [4.69, 9.17) is 0 Å². The molecule has 0 fully saturated rings. The second kappa shape index (κ2) is 4.43. The van der Waals surface area contributed by atoms with Crippen LogP contribution in [0.15, 0.2) is 17.1 Å². The van der Waals surface area contributed by atoms with Gasteiger partial charge >= 0.3 is 51.4 Å². The van der Waals surface area contributed by atoms with E-state index in [-0.39, 0.29) is 51.4 Å². The summed E-state index contributed by atoms with van der Waals surface area (Å²) in [4.78, 5) is 3.74. The summed E-state index contributed by atoms with van der Waals surface area (Å²) in [5, 5.41) is 1.93. The van der Waals surface area contributed by atoms with Crippen LogP contribution in [0.2, 0.25) is 0 Å². The Kier molecular flexibility index (Phi) is 5.36. The smallest absolute Gasteiger partial charge is 0.0791 e. The third-order valence-electron chi connectivity index (χ3n) is 0.347. The first-order valence-corrected chi connectivity index (χ1v) is 2.26. The summed E-state index contributed by atoms with van der Waals surface area (Å²) in [6.45, 7) is 0. The van der Waals surface area contributed by atoms with Crippen molar-refractivity contribution < 1.29 is 0 Å². The first-order valence-electron chi connectivity index (χ1n) is 1.32. The van der Waals surface area contributed by atoms with Crippen LogP contribution in [0.5, 0.6) is 0 Å². The van der Waals surface area contributed by atoms with Gasteiger partial charge < -0.3 is 0 Å². The van der Waals surface area contributed by atoms with Crippen LogP contribution in [0.25, 0.3) is 0 Å². The molecule has 0 amide bonds. The molecule has 1 aromatic heterocycles. The average molecular weight is 125 g/mol. The van der Waals surface area contributed by atoms with Gasteiger partial charge in [-0.3, -0.25) is 4.98 Å². The molecule has 0 aliphatic rings. The fourth-order valence-corrected chi connectivity index (χ4v) is 0.527. The fourth-order valence-electron chi connectivity index (χ4n) is 0.176. The fraction of sp³-hybridized carbons (Fsp3) is 0. The van der Waals surface area contributed by atoms with Gasteiger partial charge in [0.1, 0.15) is 0 Å². The van der Waals surface area contributed by atoms with Crippen molar-refractivity contribution in [3.63, 3.8) is 0 Å². The molecule has 0 saturated heterocycles. The Hall–Kier alpha value is 1.27. The molecule has 0 bridgehead atoms. The zero-order valence-corrected chi connectivity index (χ0v) is 3.40. The normalized spacial score (nSPS) is 6.67. The Labute approximate surface area is 83.2 Å². The molecule has 0 aliphatic carbocycles.